The fraction of sp³-hybridized carbons (Fsp3) is 0.875. The van der Waals surface area contributed by atoms with Crippen molar-refractivity contribution < 1.29 is 9.26 Å². The van der Waals surface area contributed by atoms with Crippen molar-refractivity contribution in [1.82, 2.24) is 15.5 Å². The van der Waals surface area contributed by atoms with E-state index in [2.05, 4.69) is 50.1 Å². The van der Waals surface area contributed by atoms with E-state index in [1.54, 1.807) is 0 Å². The second-order valence-corrected chi connectivity index (χ2v) is 7.07. The van der Waals surface area contributed by atoms with Crippen molar-refractivity contribution in [3.63, 3.8) is 0 Å². The molecular weight excluding hydrogens is 266 g/mol. The van der Waals surface area contributed by atoms with Gasteiger partial charge in [0.1, 0.15) is 6.10 Å². The van der Waals surface area contributed by atoms with Gasteiger partial charge >= 0.3 is 0 Å². The van der Waals surface area contributed by atoms with Gasteiger partial charge in [-0.15, -0.1) is 0 Å². The van der Waals surface area contributed by atoms with Crippen LogP contribution in [-0.4, -0.2) is 29.8 Å². The van der Waals surface area contributed by atoms with Gasteiger partial charge in [0.2, 0.25) is 11.7 Å². The Labute approximate surface area is 128 Å². The summed E-state index contributed by atoms with van der Waals surface area (Å²) in [5.41, 5.74) is -0.0580. The molecule has 0 saturated heterocycles. The van der Waals surface area contributed by atoms with Crippen LogP contribution in [0.1, 0.15) is 65.8 Å². The van der Waals surface area contributed by atoms with Crippen LogP contribution in [-0.2, 0) is 11.2 Å². The summed E-state index contributed by atoms with van der Waals surface area (Å²) in [5, 5.41) is 7.45. The first-order chi connectivity index (χ1) is 9.77. The van der Waals surface area contributed by atoms with Crippen molar-refractivity contribution in [3.05, 3.63) is 11.7 Å². The second-order valence-electron chi connectivity index (χ2n) is 7.07. The van der Waals surface area contributed by atoms with Gasteiger partial charge in [0.25, 0.3) is 0 Å². The van der Waals surface area contributed by atoms with E-state index in [0.29, 0.717) is 30.3 Å². The van der Waals surface area contributed by atoms with Crippen LogP contribution in [0.4, 0.5) is 0 Å². The van der Waals surface area contributed by atoms with Gasteiger partial charge in [-0.05, 0) is 31.7 Å². The zero-order valence-electron chi connectivity index (χ0n) is 14.6. The molecule has 2 unspecified atom stereocenters. The standard InChI is InChI=1S/C16H31N3O2/c1-8-20-14(16(4,5)6)15-18-13(21-19-15)10-12(17-7)9-11(2)3/h11-12,14,17H,8-10H2,1-7H3. The molecule has 122 valence electrons. The Morgan fingerprint density at radius 3 is 2.43 bits per heavy atom. The first-order valence-electron chi connectivity index (χ1n) is 7.89. The third-order valence-electron chi connectivity index (χ3n) is 3.42. The molecule has 0 amide bonds. The topological polar surface area (TPSA) is 60.2 Å². The molecule has 0 fully saturated rings. The van der Waals surface area contributed by atoms with Gasteiger partial charge in [0, 0.05) is 19.1 Å². The van der Waals surface area contributed by atoms with Gasteiger partial charge in [0.05, 0.1) is 0 Å². The lowest BCUT2D eigenvalue weighted by Crippen LogP contribution is -2.29. The predicted molar refractivity (Wildman–Crippen MR) is 84.1 cm³/mol. The molecule has 1 aromatic heterocycles. The maximum absolute atomic E-state index is 5.80. The van der Waals surface area contributed by atoms with Crippen LogP contribution in [0, 0.1) is 11.3 Å². The van der Waals surface area contributed by atoms with E-state index in [4.69, 9.17) is 9.26 Å². The molecule has 5 heteroatoms. The lowest BCUT2D eigenvalue weighted by Gasteiger charge is -2.27. The van der Waals surface area contributed by atoms with E-state index in [9.17, 15) is 0 Å². The van der Waals surface area contributed by atoms with Crippen LogP contribution in [0.25, 0.3) is 0 Å². The maximum Gasteiger partial charge on any atom is 0.228 e. The summed E-state index contributed by atoms with van der Waals surface area (Å²) in [6.45, 7) is 13.4. The summed E-state index contributed by atoms with van der Waals surface area (Å²) in [6, 6.07) is 0.360. The highest BCUT2D eigenvalue weighted by Gasteiger charge is 2.31. The first kappa shape index (κ1) is 18.1. The SMILES string of the molecule is CCOC(c1noc(CC(CC(C)C)NC)n1)C(C)(C)C. The molecule has 0 aliphatic heterocycles. The minimum absolute atomic E-state index is 0.0580. The third kappa shape index (κ3) is 5.75. The van der Waals surface area contributed by atoms with Crippen molar-refractivity contribution >= 4 is 0 Å². The molecule has 1 heterocycles. The van der Waals surface area contributed by atoms with E-state index < -0.39 is 0 Å². The van der Waals surface area contributed by atoms with Crippen molar-refractivity contribution in [3.8, 4) is 0 Å². The molecule has 1 rings (SSSR count). The van der Waals surface area contributed by atoms with E-state index in [0.717, 1.165) is 12.8 Å². The van der Waals surface area contributed by atoms with Gasteiger partial charge in [-0.2, -0.15) is 4.98 Å². The molecule has 0 spiro atoms. The van der Waals surface area contributed by atoms with Crippen LogP contribution < -0.4 is 5.32 Å². The molecule has 21 heavy (non-hydrogen) atoms. The van der Waals surface area contributed by atoms with E-state index in [1.807, 2.05) is 14.0 Å². The largest absolute Gasteiger partial charge is 0.370 e. The number of hydrogen-bond acceptors (Lipinski definition) is 5. The number of hydrogen-bond donors (Lipinski definition) is 1. The minimum Gasteiger partial charge on any atom is -0.370 e. The smallest absolute Gasteiger partial charge is 0.228 e. The molecule has 0 radical (unpaired) electrons. The zero-order valence-corrected chi connectivity index (χ0v) is 14.6. The lowest BCUT2D eigenvalue weighted by atomic mass is 9.88. The predicted octanol–water partition coefficient (Wildman–Crippen LogP) is 3.37. The van der Waals surface area contributed by atoms with E-state index >= 15 is 0 Å². The van der Waals surface area contributed by atoms with Crippen molar-refractivity contribution in [2.24, 2.45) is 11.3 Å². The highest BCUT2D eigenvalue weighted by atomic mass is 16.5. The van der Waals surface area contributed by atoms with Gasteiger partial charge in [0.15, 0.2) is 0 Å². The Balaban J connectivity index is 2.79. The number of rotatable bonds is 8. The Kier molecular flexibility index (Phi) is 6.81. The average Bonchev–Trinajstić information content (AvgIpc) is 2.81. The summed E-state index contributed by atoms with van der Waals surface area (Å²) in [7, 11) is 1.97. The monoisotopic (exact) mass is 297 g/mol. The molecule has 0 saturated carbocycles. The quantitative estimate of drug-likeness (QED) is 0.797. The van der Waals surface area contributed by atoms with Crippen LogP contribution >= 0.6 is 0 Å². The fourth-order valence-corrected chi connectivity index (χ4v) is 2.42. The van der Waals surface area contributed by atoms with Gasteiger partial charge in [-0.3, -0.25) is 0 Å². The highest BCUT2D eigenvalue weighted by molar-refractivity contribution is 4.97. The normalized spacial score (nSPS) is 15.4. The van der Waals surface area contributed by atoms with Crippen molar-refractivity contribution in [2.75, 3.05) is 13.7 Å². The Morgan fingerprint density at radius 1 is 1.29 bits per heavy atom. The maximum atomic E-state index is 5.80. The number of nitrogens with one attached hydrogen (secondary N) is 1. The molecule has 0 bridgehead atoms. The van der Waals surface area contributed by atoms with Crippen molar-refractivity contribution in [2.45, 2.75) is 66.5 Å². The van der Waals surface area contributed by atoms with Crippen LogP contribution in [0.5, 0.6) is 0 Å². The number of likely N-dealkylation sites (N-methyl/N-ethyl adjacent to an activating group) is 1. The Bertz CT molecular complexity index is 410. The molecular formula is C16H31N3O2. The number of aromatic nitrogens is 2. The summed E-state index contributed by atoms with van der Waals surface area (Å²) in [5.74, 6) is 1.97. The minimum atomic E-state index is -0.141. The summed E-state index contributed by atoms with van der Waals surface area (Å²) < 4.78 is 11.2. The van der Waals surface area contributed by atoms with E-state index in [-0.39, 0.29) is 11.5 Å². The summed E-state index contributed by atoms with van der Waals surface area (Å²) >= 11 is 0. The molecule has 5 nitrogen and oxygen atoms in total. The second kappa shape index (κ2) is 7.90. The Morgan fingerprint density at radius 2 is 1.95 bits per heavy atom. The lowest BCUT2D eigenvalue weighted by molar-refractivity contribution is -0.0203. The molecule has 1 N–H and O–H groups in total. The van der Waals surface area contributed by atoms with Gasteiger partial charge < -0.3 is 14.6 Å². The number of nitrogens with zero attached hydrogens (tertiary/aromatic N) is 2. The summed E-state index contributed by atoms with van der Waals surface area (Å²) in [6.07, 6.45) is 1.70. The number of ether oxygens (including phenoxy) is 1. The first-order valence-corrected chi connectivity index (χ1v) is 7.89. The molecule has 0 aliphatic carbocycles. The Hall–Kier alpha value is -0.940. The molecule has 0 aliphatic rings. The van der Waals surface area contributed by atoms with Crippen LogP contribution in [0.15, 0.2) is 4.52 Å². The van der Waals surface area contributed by atoms with Gasteiger partial charge in [-0.25, -0.2) is 0 Å². The highest BCUT2D eigenvalue weighted by Crippen LogP contribution is 2.34. The van der Waals surface area contributed by atoms with Crippen LogP contribution in [0.2, 0.25) is 0 Å². The van der Waals surface area contributed by atoms with Gasteiger partial charge in [-0.1, -0.05) is 39.8 Å². The summed E-state index contributed by atoms with van der Waals surface area (Å²) in [4.78, 5) is 4.55. The fourth-order valence-electron chi connectivity index (χ4n) is 2.42. The molecule has 0 aromatic carbocycles. The molecule has 2 atom stereocenters. The van der Waals surface area contributed by atoms with Crippen molar-refractivity contribution in [1.29, 1.82) is 0 Å². The average molecular weight is 297 g/mol. The van der Waals surface area contributed by atoms with E-state index in [1.165, 1.54) is 0 Å². The third-order valence-corrected chi connectivity index (χ3v) is 3.42. The molecule has 1 aromatic rings. The van der Waals surface area contributed by atoms with Crippen LogP contribution in [0.3, 0.4) is 0 Å². The zero-order chi connectivity index (χ0) is 16.0.